The number of nitrogens with zero attached hydrogens (tertiary/aromatic N) is 2. The number of aliphatic hydroxyl groups is 1. The zero-order valence-electron chi connectivity index (χ0n) is 11.4. The molecule has 0 unspecified atom stereocenters. The van der Waals surface area contributed by atoms with Gasteiger partial charge in [0.1, 0.15) is 0 Å². The Hall–Kier alpha value is -1.82. The number of rotatable bonds is 4. The van der Waals surface area contributed by atoms with Gasteiger partial charge in [0, 0.05) is 6.07 Å². The van der Waals surface area contributed by atoms with E-state index in [1.807, 2.05) is 13.8 Å². The van der Waals surface area contributed by atoms with Gasteiger partial charge in [0.25, 0.3) is 5.56 Å². The van der Waals surface area contributed by atoms with Gasteiger partial charge in [-0.05, 0) is 18.9 Å². The van der Waals surface area contributed by atoms with Crippen molar-refractivity contribution < 1.29 is 13.9 Å². The summed E-state index contributed by atoms with van der Waals surface area (Å²) in [5, 5.41) is 10.3. The summed E-state index contributed by atoms with van der Waals surface area (Å²) in [4.78, 5) is 16.2. The van der Waals surface area contributed by atoms with Crippen LogP contribution in [0.25, 0.3) is 10.9 Å². The first-order chi connectivity index (χ1) is 9.40. The highest BCUT2D eigenvalue weighted by Gasteiger charge is 2.23. The summed E-state index contributed by atoms with van der Waals surface area (Å²) in [6, 6.07) is 1.73. The van der Waals surface area contributed by atoms with Crippen molar-refractivity contribution in [2.24, 2.45) is 0 Å². The van der Waals surface area contributed by atoms with Crippen LogP contribution in [0.3, 0.4) is 0 Å². The summed E-state index contributed by atoms with van der Waals surface area (Å²) in [6.45, 7) is 3.71. The molecule has 0 bridgehead atoms. The average molecular weight is 282 g/mol. The lowest BCUT2D eigenvalue weighted by Crippen LogP contribution is -2.37. The third kappa shape index (κ3) is 2.56. The lowest BCUT2D eigenvalue weighted by atomic mass is 9.97. The second kappa shape index (κ2) is 5.28. The highest BCUT2D eigenvalue weighted by Crippen LogP contribution is 2.18. The Kier molecular flexibility index (Phi) is 3.85. The molecule has 0 radical (unpaired) electrons. The minimum atomic E-state index is -1.09. The number of halogens is 2. The van der Waals surface area contributed by atoms with E-state index >= 15 is 0 Å². The predicted octanol–water partition coefficient (Wildman–Crippen LogP) is 2.23. The molecule has 0 saturated carbocycles. The molecular weight excluding hydrogens is 266 g/mol. The Balaban J connectivity index is 2.55. The number of hydrogen-bond donors (Lipinski definition) is 1. The summed E-state index contributed by atoms with van der Waals surface area (Å²) in [6.07, 6.45) is 2.20. The molecule has 0 aliphatic carbocycles. The molecule has 6 heteroatoms. The Morgan fingerprint density at radius 1 is 1.25 bits per heavy atom. The van der Waals surface area contributed by atoms with Crippen molar-refractivity contribution in [2.75, 3.05) is 0 Å². The van der Waals surface area contributed by atoms with Gasteiger partial charge in [0.05, 0.1) is 29.4 Å². The van der Waals surface area contributed by atoms with Crippen LogP contribution in [0.2, 0.25) is 0 Å². The Labute approximate surface area is 114 Å². The second-order valence-corrected chi connectivity index (χ2v) is 4.89. The zero-order valence-corrected chi connectivity index (χ0v) is 11.4. The van der Waals surface area contributed by atoms with Gasteiger partial charge >= 0.3 is 0 Å². The third-order valence-electron chi connectivity index (χ3n) is 3.65. The van der Waals surface area contributed by atoms with E-state index in [2.05, 4.69) is 4.98 Å². The molecule has 0 spiro atoms. The Bertz CT molecular complexity index is 693. The van der Waals surface area contributed by atoms with Crippen molar-refractivity contribution in [3.8, 4) is 0 Å². The third-order valence-corrected chi connectivity index (χ3v) is 3.65. The van der Waals surface area contributed by atoms with Gasteiger partial charge in [-0.15, -0.1) is 0 Å². The first-order valence-corrected chi connectivity index (χ1v) is 6.47. The number of aromatic nitrogens is 2. The van der Waals surface area contributed by atoms with Crippen LogP contribution in [-0.2, 0) is 6.54 Å². The van der Waals surface area contributed by atoms with E-state index in [9.17, 15) is 18.7 Å². The number of benzene rings is 1. The van der Waals surface area contributed by atoms with Crippen LogP contribution in [0.1, 0.15) is 26.7 Å². The highest BCUT2D eigenvalue weighted by molar-refractivity contribution is 5.77. The van der Waals surface area contributed by atoms with Crippen LogP contribution in [0.15, 0.2) is 23.3 Å². The minimum Gasteiger partial charge on any atom is -0.388 e. The Morgan fingerprint density at radius 3 is 2.45 bits per heavy atom. The maximum absolute atomic E-state index is 13.2. The van der Waals surface area contributed by atoms with E-state index in [1.165, 1.54) is 10.9 Å². The average Bonchev–Trinajstić information content (AvgIpc) is 2.44. The normalized spacial score (nSPS) is 12.1. The first kappa shape index (κ1) is 14.6. The van der Waals surface area contributed by atoms with Gasteiger partial charge in [-0.2, -0.15) is 0 Å². The van der Waals surface area contributed by atoms with Crippen molar-refractivity contribution in [1.29, 1.82) is 0 Å². The molecule has 1 aromatic carbocycles. The lowest BCUT2D eigenvalue weighted by molar-refractivity contribution is 0.0140. The van der Waals surface area contributed by atoms with Gasteiger partial charge in [0.15, 0.2) is 11.6 Å². The van der Waals surface area contributed by atoms with Gasteiger partial charge in [-0.3, -0.25) is 9.36 Å². The lowest BCUT2D eigenvalue weighted by Gasteiger charge is -2.25. The molecule has 1 heterocycles. The van der Waals surface area contributed by atoms with Crippen molar-refractivity contribution in [3.05, 3.63) is 40.4 Å². The summed E-state index contributed by atoms with van der Waals surface area (Å²) >= 11 is 0. The fourth-order valence-corrected chi connectivity index (χ4v) is 2.06. The van der Waals surface area contributed by atoms with Gasteiger partial charge in [-0.25, -0.2) is 13.8 Å². The standard InChI is InChI=1S/C14H16F2N2O2/c1-3-14(20,4-2)7-18-8-17-12-6-11(16)10(15)5-9(12)13(18)19/h5-6,8,20H,3-4,7H2,1-2H3. The Morgan fingerprint density at radius 2 is 1.85 bits per heavy atom. The van der Waals surface area contributed by atoms with E-state index in [4.69, 9.17) is 0 Å². The van der Waals surface area contributed by atoms with Crippen LogP contribution >= 0.6 is 0 Å². The molecule has 0 fully saturated rings. The molecule has 2 aromatic rings. The summed E-state index contributed by atoms with van der Waals surface area (Å²) in [5.74, 6) is -2.13. The van der Waals surface area contributed by atoms with Crippen molar-refractivity contribution in [3.63, 3.8) is 0 Å². The molecule has 4 nitrogen and oxygen atoms in total. The van der Waals surface area contributed by atoms with Crippen LogP contribution in [0, 0.1) is 11.6 Å². The van der Waals surface area contributed by atoms with Gasteiger partial charge in [-0.1, -0.05) is 13.8 Å². The monoisotopic (exact) mass is 282 g/mol. The van der Waals surface area contributed by atoms with Crippen molar-refractivity contribution >= 4 is 10.9 Å². The largest absolute Gasteiger partial charge is 0.388 e. The minimum absolute atomic E-state index is 0.000885. The highest BCUT2D eigenvalue weighted by atomic mass is 19.2. The maximum atomic E-state index is 13.2. The molecule has 20 heavy (non-hydrogen) atoms. The summed E-state index contributed by atoms with van der Waals surface area (Å²) in [7, 11) is 0. The fourth-order valence-electron chi connectivity index (χ4n) is 2.06. The van der Waals surface area contributed by atoms with Crippen molar-refractivity contribution in [2.45, 2.75) is 38.8 Å². The molecule has 2 rings (SSSR count). The van der Waals surface area contributed by atoms with Crippen LogP contribution in [0.4, 0.5) is 8.78 Å². The topological polar surface area (TPSA) is 55.1 Å². The van der Waals surface area contributed by atoms with Crippen molar-refractivity contribution in [1.82, 2.24) is 9.55 Å². The fraction of sp³-hybridized carbons (Fsp3) is 0.429. The molecule has 0 atom stereocenters. The van der Waals surface area contributed by atoms with E-state index in [-0.39, 0.29) is 17.4 Å². The number of hydrogen-bond acceptors (Lipinski definition) is 3. The molecular formula is C14H16F2N2O2. The molecule has 1 aromatic heterocycles. The number of fused-ring (bicyclic) bond motifs is 1. The molecule has 0 amide bonds. The van der Waals surface area contributed by atoms with Crippen LogP contribution in [0.5, 0.6) is 0 Å². The molecule has 0 saturated heterocycles. The van der Waals surface area contributed by atoms with Gasteiger partial charge < -0.3 is 5.11 Å². The van der Waals surface area contributed by atoms with Crippen LogP contribution < -0.4 is 5.56 Å². The quantitative estimate of drug-likeness (QED) is 0.935. The predicted molar refractivity (Wildman–Crippen MR) is 71.5 cm³/mol. The zero-order chi connectivity index (χ0) is 14.9. The smallest absolute Gasteiger partial charge is 0.261 e. The summed E-state index contributed by atoms with van der Waals surface area (Å²) < 4.78 is 27.6. The molecule has 108 valence electrons. The molecule has 0 aliphatic heterocycles. The first-order valence-electron chi connectivity index (χ1n) is 6.47. The van der Waals surface area contributed by atoms with E-state index < -0.39 is 22.8 Å². The summed E-state index contributed by atoms with van der Waals surface area (Å²) in [5.41, 5.74) is -1.41. The maximum Gasteiger partial charge on any atom is 0.261 e. The van der Waals surface area contributed by atoms with E-state index in [1.54, 1.807) is 0 Å². The van der Waals surface area contributed by atoms with E-state index in [0.29, 0.717) is 12.8 Å². The molecule has 1 N–H and O–H groups in total. The SMILES string of the molecule is CCC(O)(CC)Cn1cnc2cc(F)c(F)cc2c1=O. The van der Waals surface area contributed by atoms with Crippen LogP contribution in [-0.4, -0.2) is 20.3 Å². The second-order valence-electron chi connectivity index (χ2n) is 4.89. The molecule has 0 aliphatic rings. The van der Waals surface area contributed by atoms with E-state index in [0.717, 1.165) is 12.1 Å². The van der Waals surface area contributed by atoms with Gasteiger partial charge in [0.2, 0.25) is 0 Å².